The number of carbonyl (C=O) groups excluding carboxylic acids is 2. The molecular formula is C18H27N3O2. The van der Waals surface area contributed by atoms with Gasteiger partial charge < -0.3 is 15.5 Å². The SMILES string of the molecule is CCCC(=O)Nc1ccc(NCC(=O)N2CCC(C)CC2)cc1. The number of carbonyl (C=O) groups is 2. The molecule has 1 aromatic rings. The van der Waals surface area contributed by atoms with Crippen molar-refractivity contribution in [3.05, 3.63) is 24.3 Å². The molecule has 0 radical (unpaired) electrons. The molecule has 1 aromatic carbocycles. The van der Waals surface area contributed by atoms with Gasteiger partial charge in [0.05, 0.1) is 6.54 Å². The van der Waals surface area contributed by atoms with E-state index in [1.54, 1.807) is 0 Å². The summed E-state index contributed by atoms with van der Waals surface area (Å²) in [6.07, 6.45) is 3.56. The molecule has 1 saturated heterocycles. The highest BCUT2D eigenvalue weighted by Crippen LogP contribution is 2.17. The number of hydrogen-bond donors (Lipinski definition) is 2. The summed E-state index contributed by atoms with van der Waals surface area (Å²) in [6, 6.07) is 7.46. The van der Waals surface area contributed by atoms with E-state index in [-0.39, 0.29) is 11.8 Å². The summed E-state index contributed by atoms with van der Waals surface area (Å²) in [5.74, 6) is 0.905. The molecule has 2 N–H and O–H groups in total. The fourth-order valence-electron chi connectivity index (χ4n) is 2.67. The third-order valence-electron chi connectivity index (χ3n) is 4.23. The molecule has 126 valence electrons. The Hall–Kier alpha value is -2.04. The van der Waals surface area contributed by atoms with Gasteiger partial charge in [0.1, 0.15) is 0 Å². The first-order valence-electron chi connectivity index (χ1n) is 8.50. The van der Waals surface area contributed by atoms with E-state index in [0.29, 0.717) is 13.0 Å². The van der Waals surface area contributed by atoms with Crippen LogP contribution in [0.4, 0.5) is 11.4 Å². The van der Waals surface area contributed by atoms with Gasteiger partial charge in [0.25, 0.3) is 0 Å². The van der Waals surface area contributed by atoms with Gasteiger partial charge in [-0.1, -0.05) is 13.8 Å². The van der Waals surface area contributed by atoms with Crippen LogP contribution < -0.4 is 10.6 Å². The average molecular weight is 317 g/mol. The second-order valence-electron chi connectivity index (χ2n) is 6.29. The minimum absolute atomic E-state index is 0.0303. The monoisotopic (exact) mass is 317 g/mol. The Labute approximate surface area is 138 Å². The molecule has 2 rings (SSSR count). The third kappa shape index (κ3) is 5.58. The lowest BCUT2D eigenvalue weighted by Gasteiger charge is -2.30. The largest absolute Gasteiger partial charge is 0.376 e. The van der Waals surface area contributed by atoms with E-state index in [0.717, 1.165) is 49.6 Å². The van der Waals surface area contributed by atoms with Gasteiger partial charge >= 0.3 is 0 Å². The van der Waals surface area contributed by atoms with Gasteiger partial charge in [-0.15, -0.1) is 0 Å². The lowest BCUT2D eigenvalue weighted by Crippen LogP contribution is -2.40. The molecule has 2 amide bonds. The van der Waals surface area contributed by atoms with Gasteiger partial charge in [-0.3, -0.25) is 9.59 Å². The number of piperidine rings is 1. The number of hydrogen-bond acceptors (Lipinski definition) is 3. The molecule has 0 atom stereocenters. The Bertz CT molecular complexity index is 520. The van der Waals surface area contributed by atoms with Crippen molar-refractivity contribution in [1.29, 1.82) is 0 Å². The van der Waals surface area contributed by atoms with Crippen LogP contribution in [0.25, 0.3) is 0 Å². The van der Waals surface area contributed by atoms with Gasteiger partial charge in [-0.2, -0.15) is 0 Å². The minimum atomic E-state index is 0.0303. The molecule has 0 saturated carbocycles. The summed E-state index contributed by atoms with van der Waals surface area (Å²) in [7, 11) is 0. The van der Waals surface area contributed by atoms with Gasteiger partial charge in [0.2, 0.25) is 11.8 Å². The summed E-state index contributed by atoms with van der Waals surface area (Å²) in [5.41, 5.74) is 1.67. The van der Waals surface area contributed by atoms with E-state index in [1.807, 2.05) is 36.1 Å². The van der Waals surface area contributed by atoms with Crippen LogP contribution in [0.5, 0.6) is 0 Å². The number of benzene rings is 1. The van der Waals surface area contributed by atoms with Crippen LogP contribution in [0.1, 0.15) is 39.5 Å². The zero-order chi connectivity index (χ0) is 16.7. The van der Waals surface area contributed by atoms with Crippen LogP contribution in [-0.2, 0) is 9.59 Å². The van der Waals surface area contributed by atoms with Gasteiger partial charge in [0, 0.05) is 30.9 Å². The summed E-state index contributed by atoms with van der Waals surface area (Å²) in [4.78, 5) is 25.6. The summed E-state index contributed by atoms with van der Waals surface area (Å²) in [6.45, 7) is 6.26. The number of nitrogens with one attached hydrogen (secondary N) is 2. The maximum atomic E-state index is 12.2. The second-order valence-corrected chi connectivity index (χ2v) is 6.29. The van der Waals surface area contributed by atoms with Crippen molar-refractivity contribution in [2.45, 2.75) is 39.5 Å². The van der Waals surface area contributed by atoms with Crippen molar-refractivity contribution in [2.75, 3.05) is 30.3 Å². The number of anilines is 2. The van der Waals surface area contributed by atoms with Crippen molar-refractivity contribution < 1.29 is 9.59 Å². The fourth-order valence-corrected chi connectivity index (χ4v) is 2.67. The zero-order valence-electron chi connectivity index (χ0n) is 14.1. The van der Waals surface area contributed by atoms with Crippen LogP contribution in [0, 0.1) is 5.92 Å². The van der Waals surface area contributed by atoms with E-state index in [2.05, 4.69) is 17.6 Å². The topological polar surface area (TPSA) is 61.4 Å². The van der Waals surface area contributed by atoms with Gasteiger partial charge in [-0.05, 0) is 49.4 Å². The molecule has 0 aliphatic carbocycles. The number of nitrogens with zero attached hydrogens (tertiary/aromatic N) is 1. The fraction of sp³-hybridized carbons (Fsp3) is 0.556. The second kappa shape index (κ2) is 8.56. The Kier molecular flexibility index (Phi) is 6.44. The summed E-state index contributed by atoms with van der Waals surface area (Å²) in [5, 5.41) is 6.00. The lowest BCUT2D eigenvalue weighted by molar-refractivity contribution is -0.130. The van der Waals surface area contributed by atoms with E-state index in [9.17, 15) is 9.59 Å². The molecule has 0 bridgehead atoms. The molecule has 0 aromatic heterocycles. The van der Waals surface area contributed by atoms with Crippen LogP contribution in [0.15, 0.2) is 24.3 Å². The van der Waals surface area contributed by atoms with Crippen molar-refractivity contribution in [2.24, 2.45) is 5.92 Å². The van der Waals surface area contributed by atoms with E-state index < -0.39 is 0 Å². The normalized spacial score (nSPS) is 15.3. The van der Waals surface area contributed by atoms with E-state index in [4.69, 9.17) is 0 Å². The molecular weight excluding hydrogens is 290 g/mol. The maximum Gasteiger partial charge on any atom is 0.241 e. The molecule has 1 aliphatic rings. The first kappa shape index (κ1) is 17.3. The summed E-state index contributed by atoms with van der Waals surface area (Å²) < 4.78 is 0. The molecule has 5 heteroatoms. The van der Waals surface area contributed by atoms with Crippen LogP contribution in [0.3, 0.4) is 0 Å². The standard InChI is InChI=1S/C18H27N3O2/c1-3-4-17(22)20-16-7-5-15(6-8-16)19-13-18(23)21-11-9-14(2)10-12-21/h5-8,14,19H,3-4,9-13H2,1-2H3,(H,20,22). The first-order valence-corrected chi connectivity index (χ1v) is 8.50. The number of amides is 2. The Morgan fingerprint density at radius 2 is 1.74 bits per heavy atom. The van der Waals surface area contributed by atoms with Crippen molar-refractivity contribution >= 4 is 23.2 Å². The van der Waals surface area contributed by atoms with E-state index >= 15 is 0 Å². The molecule has 23 heavy (non-hydrogen) atoms. The molecule has 0 unspecified atom stereocenters. The van der Waals surface area contributed by atoms with Crippen molar-refractivity contribution in [3.63, 3.8) is 0 Å². The Balaban J connectivity index is 1.77. The highest BCUT2D eigenvalue weighted by molar-refractivity contribution is 5.90. The smallest absolute Gasteiger partial charge is 0.241 e. The predicted molar refractivity (Wildman–Crippen MR) is 93.4 cm³/mol. The average Bonchev–Trinajstić information content (AvgIpc) is 2.55. The minimum Gasteiger partial charge on any atom is -0.376 e. The van der Waals surface area contributed by atoms with Crippen LogP contribution in [-0.4, -0.2) is 36.3 Å². The number of likely N-dealkylation sites (tertiary alicyclic amines) is 1. The Morgan fingerprint density at radius 3 is 2.35 bits per heavy atom. The molecule has 1 fully saturated rings. The maximum absolute atomic E-state index is 12.2. The van der Waals surface area contributed by atoms with Crippen LogP contribution in [0.2, 0.25) is 0 Å². The highest BCUT2D eigenvalue weighted by atomic mass is 16.2. The molecule has 0 spiro atoms. The third-order valence-corrected chi connectivity index (χ3v) is 4.23. The highest BCUT2D eigenvalue weighted by Gasteiger charge is 2.19. The van der Waals surface area contributed by atoms with Crippen molar-refractivity contribution in [3.8, 4) is 0 Å². The quantitative estimate of drug-likeness (QED) is 0.847. The first-order chi connectivity index (χ1) is 11.1. The molecule has 1 heterocycles. The van der Waals surface area contributed by atoms with E-state index in [1.165, 1.54) is 0 Å². The lowest BCUT2D eigenvalue weighted by atomic mass is 9.99. The van der Waals surface area contributed by atoms with Gasteiger partial charge in [-0.25, -0.2) is 0 Å². The summed E-state index contributed by atoms with van der Waals surface area (Å²) >= 11 is 0. The molecule has 1 aliphatic heterocycles. The van der Waals surface area contributed by atoms with Crippen molar-refractivity contribution in [1.82, 2.24) is 4.90 Å². The zero-order valence-corrected chi connectivity index (χ0v) is 14.1. The molecule has 5 nitrogen and oxygen atoms in total. The number of rotatable bonds is 6. The Morgan fingerprint density at radius 1 is 1.13 bits per heavy atom. The van der Waals surface area contributed by atoms with Crippen LogP contribution >= 0.6 is 0 Å². The predicted octanol–water partition coefficient (Wildman–Crippen LogP) is 3.10. The van der Waals surface area contributed by atoms with Gasteiger partial charge in [0.15, 0.2) is 0 Å².